The molecule has 2 heterocycles. The Morgan fingerprint density at radius 3 is 2.50 bits per heavy atom. The normalized spacial score (nSPS) is 18.9. The molecular formula is C31H43N3O9S. The van der Waals surface area contributed by atoms with Crippen LogP contribution in [-0.4, -0.2) is 98.8 Å². The highest BCUT2D eigenvalue weighted by Crippen LogP contribution is 2.38. The lowest BCUT2D eigenvalue weighted by atomic mass is 9.87. The average molecular weight is 634 g/mol. The molecule has 44 heavy (non-hydrogen) atoms. The van der Waals surface area contributed by atoms with E-state index < -0.39 is 33.4 Å². The SMILES string of the molecule is CNS(=O)(=O)c1cccc(OCC(O)CN(C(=O)OC(C)(C)C)C2COC3(CCN(C(=O)OCc4ccccc4)CC3)C2)c1. The minimum Gasteiger partial charge on any atom is -0.491 e. The Morgan fingerprint density at radius 1 is 1.14 bits per heavy atom. The second-order valence-electron chi connectivity index (χ2n) is 12.2. The van der Waals surface area contributed by atoms with Gasteiger partial charge in [0, 0.05) is 19.2 Å². The Kier molecular flexibility index (Phi) is 10.8. The molecule has 2 aromatic carbocycles. The lowest BCUT2D eigenvalue weighted by Gasteiger charge is -2.38. The van der Waals surface area contributed by atoms with Crippen LogP contribution in [0, 0.1) is 0 Å². The number of nitrogens with zero attached hydrogens (tertiary/aromatic N) is 2. The van der Waals surface area contributed by atoms with Crippen molar-refractivity contribution in [3.8, 4) is 5.75 Å². The number of likely N-dealkylation sites (tertiary alicyclic amines) is 1. The second-order valence-corrected chi connectivity index (χ2v) is 14.0. The zero-order valence-corrected chi connectivity index (χ0v) is 26.5. The van der Waals surface area contributed by atoms with Gasteiger partial charge in [-0.1, -0.05) is 36.4 Å². The van der Waals surface area contributed by atoms with Crippen LogP contribution in [0.5, 0.6) is 5.75 Å². The van der Waals surface area contributed by atoms with Crippen LogP contribution in [0.25, 0.3) is 0 Å². The van der Waals surface area contributed by atoms with Gasteiger partial charge in [0.15, 0.2) is 0 Å². The van der Waals surface area contributed by atoms with Crippen LogP contribution in [0.2, 0.25) is 0 Å². The minimum absolute atomic E-state index is 0.0336. The van der Waals surface area contributed by atoms with Crippen molar-refractivity contribution >= 4 is 22.2 Å². The highest BCUT2D eigenvalue weighted by Gasteiger charge is 2.47. The fourth-order valence-corrected chi connectivity index (χ4v) is 6.06. The maximum absolute atomic E-state index is 13.3. The fourth-order valence-electron chi connectivity index (χ4n) is 5.29. The molecule has 0 aromatic heterocycles. The van der Waals surface area contributed by atoms with E-state index in [-0.39, 0.29) is 49.1 Å². The van der Waals surface area contributed by atoms with Crippen molar-refractivity contribution in [2.45, 2.75) is 74.9 Å². The second kappa shape index (κ2) is 14.1. The Bertz CT molecular complexity index is 1370. The summed E-state index contributed by atoms with van der Waals surface area (Å²) >= 11 is 0. The number of nitrogens with one attached hydrogen (secondary N) is 1. The fraction of sp³-hybridized carbons (Fsp3) is 0.548. The number of piperidine rings is 1. The smallest absolute Gasteiger partial charge is 0.410 e. The Hall–Kier alpha value is -3.39. The molecule has 0 radical (unpaired) electrons. The first-order valence-corrected chi connectivity index (χ1v) is 16.2. The van der Waals surface area contributed by atoms with E-state index in [9.17, 15) is 23.1 Å². The Labute approximate surface area is 259 Å². The number of carbonyl (C=O) groups is 2. The minimum atomic E-state index is -3.66. The van der Waals surface area contributed by atoms with Gasteiger partial charge in [0.1, 0.15) is 30.7 Å². The number of rotatable bonds is 10. The first kappa shape index (κ1) is 33.5. The molecule has 2 aromatic rings. The first-order valence-electron chi connectivity index (χ1n) is 14.7. The largest absolute Gasteiger partial charge is 0.491 e. The maximum atomic E-state index is 13.3. The van der Waals surface area contributed by atoms with Crippen molar-refractivity contribution in [3.05, 3.63) is 60.2 Å². The molecule has 0 saturated carbocycles. The number of carbonyl (C=O) groups excluding carboxylic acids is 2. The summed E-state index contributed by atoms with van der Waals surface area (Å²) in [7, 11) is -2.34. The van der Waals surface area contributed by atoms with Gasteiger partial charge in [-0.25, -0.2) is 22.7 Å². The molecule has 0 aliphatic carbocycles. The van der Waals surface area contributed by atoms with Gasteiger partial charge in [-0.2, -0.15) is 0 Å². The average Bonchev–Trinajstić information content (AvgIpc) is 3.40. The summed E-state index contributed by atoms with van der Waals surface area (Å²) in [5, 5.41) is 10.9. The molecule has 2 atom stereocenters. The van der Waals surface area contributed by atoms with Gasteiger partial charge in [-0.3, -0.25) is 0 Å². The lowest BCUT2D eigenvalue weighted by molar-refractivity contribution is -0.0432. The highest BCUT2D eigenvalue weighted by atomic mass is 32.2. The topological polar surface area (TPSA) is 144 Å². The third-order valence-corrected chi connectivity index (χ3v) is 9.04. The summed E-state index contributed by atoms with van der Waals surface area (Å²) in [6.07, 6.45) is -0.342. The zero-order valence-electron chi connectivity index (χ0n) is 25.7. The molecule has 242 valence electrons. The van der Waals surface area contributed by atoms with E-state index in [1.807, 2.05) is 30.3 Å². The van der Waals surface area contributed by atoms with E-state index in [4.69, 9.17) is 18.9 Å². The molecule has 2 aliphatic rings. The summed E-state index contributed by atoms with van der Waals surface area (Å²) in [6, 6.07) is 15.1. The van der Waals surface area contributed by atoms with E-state index >= 15 is 0 Å². The van der Waals surface area contributed by atoms with Crippen LogP contribution in [0.1, 0.15) is 45.6 Å². The van der Waals surface area contributed by atoms with Crippen molar-refractivity contribution in [3.63, 3.8) is 0 Å². The van der Waals surface area contributed by atoms with Crippen LogP contribution < -0.4 is 9.46 Å². The van der Waals surface area contributed by atoms with E-state index in [0.29, 0.717) is 32.4 Å². The van der Waals surface area contributed by atoms with Crippen molar-refractivity contribution in [2.24, 2.45) is 0 Å². The van der Waals surface area contributed by atoms with Crippen LogP contribution in [0.4, 0.5) is 9.59 Å². The summed E-state index contributed by atoms with van der Waals surface area (Å²) in [5.74, 6) is 0.265. The number of aliphatic hydroxyl groups is 1. The van der Waals surface area contributed by atoms with Gasteiger partial charge < -0.3 is 33.9 Å². The summed E-state index contributed by atoms with van der Waals surface area (Å²) in [6.45, 7) is 6.45. The van der Waals surface area contributed by atoms with Gasteiger partial charge >= 0.3 is 12.2 Å². The zero-order chi connectivity index (χ0) is 32.0. The number of sulfonamides is 1. The predicted molar refractivity (Wildman–Crippen MR) is 162 cm³/mol. The molecule has 2 saturated heterocycles. The molecule has 13 heteroatoms. The molecule has 2 fully saturated rings. The van der Waals surface area contributed by atoms with Gasteiger partial charge in [0.05, 0.1) is 29.7 Å². The predicted octanol–water partition coefficient (Wildman–Crippen LogP) is 3.53. The molecule has 2 aliphatic heterocycles. The highest BCUT2D eigenvalue weighted by molar-refractivity contribution is 7.89. The van der Waals surface area contributed by atoms with Crippen molar-refractivity contribution in [1.82, 2.24) is 14.5 Å². The molecule has 2 N–H and O–H groups in total. The monoisotopic (exact) mass is 633 g/mol. The van der Waals surface area contributed by atoms with Crippen molar-refractivity contribution < 1.29 is 42.1 Å². The maximum Gasteiger partial charge on any atom is 0.410 e. The van der Waals surface area contributed by atoms with Gasteiger partial charge in [-0.05, 0) is 64.8 Å². The number of hydrogen-bond acceptors (Lipinski definition) is 9. The van der Waals surface area contributed by atoms with E-state index in [1.54, 1.807) is 37.8 Å². The molecule has 0 bridgehead atoms. The van der Waals surface area contributed by atoms with Gasteiger partial charge in [-0.15, -0.1) is 0 Å². The summed E-state index contributed by atoms with van der Waals surface area (Å²) in [4.78, 5) is 29.1. The third-order valence-electron chi connectivity index (χ3n) is 7.63. The number of amides is 2. The van der Waals surface area contributed by atoms with E-state index in [2.05, 4.69) is 4.72 Å². The number of aliphatic hydroxyl groups excluding tert-OH is 1. The number of ether oxygens (including phenoxy) is 4. The van der Waals surface area contributed by atoms with Gasteiger partial charge in [0.25, 0.3) is 0 Å². The van der Waals surface area contributed by atoms with Crippen LogP contribution >= 0.6 is 0 Å². The summed E-state index contributed by atoms with van der Waals surface area (Å²) < 4.78 is 49.6. The van der Waals surface area contributed by atoms with E-state index in [0.717, 1.165) is 5.56 Å². The first-order chi connectivity index (χ1) is 20.8. The number of benzene rings is 2. The van der Waals surface area contributed by atoms with Crippen LogP contribution in [-0.2, 0) is 30.8 Å². The number of hydrogen-bond donors (Lipinski definition) is 2. The van der Waals surface area contributed by atoms with Gasteiger partial charge in [0.2, 0.25) is 10.0 Å². The molecule has 12 nitrogen and oxygen atoms in total. The third kappa shape index (κ3) is 9.07. The molecule has 2 amide bonds. The van der Waals surface area contributed by atoms with Crippen LogP contribution in [0.3, 0.4) is 0 Å². The van der Waals surface area contributed by atoms with Crippen LogP contribution in [0.15, 0.2) is 59.5 Å². The van der Waals surface area contributed by atoms with Crippen molar-refractivity contribution in [1.29, 1.82) is 0 Å². The Balaban J connectivity index is 1.34. The molecule has 1 spiro atoms. The quantitative estimate of drug-likeness (QED) is 0.402. The molecular weight excluding hydrogens is 590 g/mol. The molecule has 4 rings (SSSR count). The lowest BCUT2D eigenvalue weighted by Crippen LogP contribution is -2.50. The Morgan fingerprint density at radius 2 is 1.84 bits per heavy atom. The molecule has 2 unspecified atom stereocenters. The standard InChI is InChI=1S/C31H43N3O9S/c1-30(2,3)43-29(37)34(19-25(35)22-40-26-11-8-12-27(17-26)44(38,39)32-4)24-18-31(42-21-24)13-15-33(16-14-31)28(36)41-20-23-9-6-5-7-10-23/h5-12,17,24-25,32,35H,13-16,18-22H2,1-4H3. The van der Waals surface area contributed by atoms with E-state index in [1.165, 1.54) is 24.1 Å². The van der Waals surface area contributed by atoms with Crippen molar-refractivity contribution in [2.75, 3.05) is 39.9 Å². The summed E-state index contributed by atoms with van der Waals surface area (Å²) in [5.41, 5.74) is -0.345.